The van der Waals surface area contributed by atoms with Crippen molar-refractivity contribution in [1.29, 1.82) is 0 Å². The number of nitrogens with zero attached hydrogens (tertiary/aromatic N) is 3. The number of carbonyl (C=O) groups excluding carboxylic acids is 1. The number of hydrogen-bond acceptors (Lipinski definition) is 5. The molecule has 0 aliphatic heterocycles. The van der Waals surface area contributed by atoms with Gasteiger partial charge in [-0.3, -0.25) is 4.79 Å². The van der Waals surface area contributed by atoms with Crippen molar-refractivity contribution in [1.82, 2.24) is 14.6 Å². The molecular weight excluding hydrogens is 328 g/mol. The minimum Gasteiger partial charge on any atom is -0.489 e. The van der Waals surface area contributed by atoms with E-state index in [1.807, 2.05) is 54.6 Å². The first-order valence-electron chi connectivity index (χ1n) is 8.11. The van der Waals surface area contributed by atoms with E-state index in [1.165, 1.54) is 10.8 Å². The fourth-order valence-corrected chi connectivity index (χ4v) is 2.89. The lowest BCUT2D eigenvalue weighted by molar-refractivity contribution is 0.111. The van der Waals surface area contributed by atoms with E-state index in [-0.39, 0.29) is 0 Å². The number of nitrogen functional groups attached to an aromatic ring is 1. The van der Waals surface area contributed by atoms with E-state index in [0.29, 0.717) is 23.6 Å². The lowest BCUT2D eigenvalue weighted by Gasteiger charge is -2.08. The lowest BCUT2D eigenvalue weighted by atomic mass is 10.1. The first-order valence-corrected chi connectivity index (χ1v) is 8.11. The number of rotatable bonds is 5. The van der Waals surface area contributed by atoms with Gasteiger partial charge in [0.05, 0.1) is 0 Å². The molecule has 2 N–H and O–H groups in total. The van der Waals surface area contributed by atoms with Crippen LogP contribution in [0.3, 0.4) is 0 Å². The van der Waals surface area contributed by atoms with Gasteiger partial charge in [0.2, 0.25) is 0 Å². The molecule has 0 saturated heterocycles. The molecule has 4 aromatic rings. The molecule has 0 atom stereocenters. The standard InChI is InChI=1S/C20H16N4O2/c21-20-19-18(10-16(11-25)24(19)23-13-22-20)15-7-4-8-17(9-15)26-12-14-5-2-1-3-6-14/h1-11,13H,12H2,(H2,21,22,23). The molecule has 2 aromatic heterocycles. The van der Waals surface area contributed by atoms with Gasteiger partial charge in [0.1, 0.15) is 29.9 Å². The summed E-state index contributed by atoms with van der Waals surface area (Å²) in [5.41, 5.74) is 9.79. The SMILES string of the molecule is Nc1ncnn2c(C=O)cc(-c3cccc(OCc4ccccc4)c3)c12. The zero-order chi connectivity index (χ0) is 17.9. The number of anilines is 1. The highest BCUT2D eigenvalue weighted by molar-refractivity contribution is 5.92. The molecule has 26 heavy (non-hydrogen) atoms. The summed E-state index contributed by atoms with van der Waals surface area (Å²) in [6, 6.07) is 19.4. The fraction of sp³-hybridized carbons (Fsp3) is 0.0500. The van der Waals surface area contributed by atoms with Crippen LogP contribution in [0.4, 0.5) is 5.82 Å². The van der Waals surface area contributed by atoms with Gasteiger partial charge in [-0.25, -0.2) is 9.50 Å². The van der Waals surface area contributed by atoms with E-state index in [4.69, 9.17) is 10.5 Å². The van der Waals surface area contributed by atoms with Gasteiger partial charge < -0.3 is 10.5 Å². The normalized spacial score (nSPS) is 10.8. The maximum Gasteiger partial charge on any atom is 0.168 e. The van der Waals surface area contributed by atoms with Crippen LogP contribution in [0.1, 0.15) is 16.1 Å². The summed E-state index contributed by atoms with van der Waals surface area (Å²) in [6.07, 6.45) is 2.08. The third kappa shape index (κ3) is 2.88. The van der Waals surface area contributed by atoms with E-state index in [9.17, 15) is 4.79 Å². The third-order valence-corrected chi connectivity index (χ3v) is 4.12. The number of nitrogens with two attached hydrogens (primary N) is 1. The number of aromatic nitrogens is 3. The summed E-state index contributed by atoms with van der Waals surface area (Å²) < 4.78 is 7.39. The number of carbonyl (C=O) groups is 1. The van der Waals surface area contributed by atoms with Gasteiger partial charge in [-0.05, 0) is 29.3 Å². The van der Waals surface area contributed by atoms with E-state index in [1.54, 1.807) is 6.07 Å². The Morgan fingerprint density at radius 2 is 1.92 bits per heavy atom. The van der Waals surface area contributed by atoms with Crippen molar-refractivity contribution in [2.45, 2.75) is 6.61 Å². The smallest absolute Gasteiger partial charge is 0.168 e. The summed E-state index contributed by atoms with van der Waals surface area (Å²) >= 11 is 0. The van der Waals surface area contributed by atoms with Gasteiger partial charge in [-0.2, -0.15) is 5.10 Å². The van der Waals surface area contributed by atoms with Crippen molar-refractivity contribution in [3.05, 3.63) is 78.2 Å². The van der Waals surface area contributed by atoms with E-state index in [0.717, 1.165) is 28.7 Å². The summed E-state index contributed by atoms with van der Waals surface area (Å²) in [7, 11) is 0. The molecule has 6 nitrogen and oxygen atoms in total. The second-order valence-electron chi connectivity index (χ2n) is 5.81. The molecular formula is C20H16N4O2. The molecule has 2 aromatic carbocycles. The Bertz CT molecular complexity index is 1070. The van der Waals surface area contributed by atoms with Crippen molar-refractivity contribution in [2.75, 3.05) is 5.73 Å². The van der Waals surface area contributed by atoms with Crippen LogP contribution in [0.15, 0.2) is 67.0 Å². The Morgan fingerprint density at radius 3 is 2.73 bits per heavy atom. The van der Waals surface area contributed by atoms with Crippen molar-refractivity contribution in [2.24, 2.45) is 0 Å². The maximum atomic E-state index is 11.4. The van der Waals surface area contributed by atoms with Gasteiger partial charge in [-0.15, -0.1) is 0 Å². The highest BCUT2D eigenvalue weighted by Gasteiger charge is 2.15. The molecule has 0 amide bonds. The van der Waals surface area contributed by atoms with Gasteiger partial charge in [0.15, 0.2) is 12.1 Å². The van der Waals surface area contributed by atoms with Crippen LogP contribution in [-0.2, 0) is 6.61 Å². The monoisotopic (exact) mass is 344 g/mol. The van der Waals surface area contributed by atoms with E-state index < -0.39 is 0 Å². The number of benzene rings is 2. The first kappa shape index (κ1) is 15.8. The Hall–Kier alpha value is -3.67. The van der Waals surface area contributed by atoms with Crippen LogP contribution in [-0.4, -0.2) is 20.9 Å². The van der Waals surface area contributed by atoms with Crippen LogP contribution in [0.2, 0.25) is 0 Å². The molecule has 0 bridgehead atoms. The molecule has 6 heteroatoms. The van der Waals surface area contributed by atoms with Gasteiger partial charge in [0.25, 0.3) is 0 Å². The largest absolute Gasteiger partial charge is 0.489 e. The van der Waals surface area contributed by atoms with Gasteiger partial charge in [0, 0.05) is 5.56 Å². The Labute approximate surface area is 149 Å². The number of ether oxygens (including phenoxy) is 1. The number of fused-ring (bicyclic) bond motifs is 1. The Morgan fingerprint density at radius 1 is 1.08 bits per heavy atom. The van der Waals surface area contributed by atoms with Crippen LogP contribution in [0.25, 0.3) is 16.6 Å². The molecule has 0 aliphatic rings. The maximum absolute atomic E-state index is 11.4. The van der Waals surface area contributed by atoms with Gasteiger partial charge >= 0.3 is 0 Å². The fourth-order valence-electron chi connectivity index (χ4n) is 2.89. The van der Waals surface area contributed by atoms with E-state index >= 15 is 0 Å². The second kappa shape index (κ2) is 6.68. The highest BCUT2D eigenvalue weighted by atomic mass is 16.5. The topological polar surface area (TPSA) is 82.5 Å². The Balaban J connectivity index is 1.71. The molecule has 4 rings (SSSR count). The van der Waals surface area contributed by atoms with Crippen molar-refractivity contribution in [3.8, 4) is 16.9 Å². The molecule has 0 saturated carbocycles. The second-order valence-corrected chi connectivity index (χ2v) is 5.81. The van der Waals surface area contributed by atoms with Gasteiger partial charge in [-0.1, -0.05) is 42.5 Å². The number of hydrogen-bond donors (Lipinski definition) is 1. The summed E-state index contributed by atoms with van der Waals surface area (Å²) in [5, 5.41) is 4.12. The lowest BCUT2D eigenvalue weighted by Crippen LogP contribution is -2.01. The summed E-state index contributed by atoms with van der Waals surface area (Å²) in [6.45, 7) is 0.478. The first-order chi connectivity index (χ1) is 12.8. The molecule has 0 radical (unpaired) electrons. The van der Waals surface area contributed by atoms with Crippen LogP contribution in [0, 0.1) is 0 Å². The van der Waals surface area contributed by atoms with Crippen molar-refractivity contribution in [3.63, 3.8) is 0 Å². The predicted octanol–water partition coefficient (Wildman–Crippen LogP) is 3.37. The van der Waals surface area contributed by atoms with Crippen LogP contribution >= 0.6 is 0 Å². The molecule has 0 fully saturated rings. The summed E-state index contributed by atoms with van der Waals surface area (Å²) in [5.74, 6) is 1.05. The minimum absolute atomic E-state index is 0.318. The Kier molecular flexibility index (Phi) is 4.07. The van der Waals surface area contributed by atoms with Crippen LogP contribution < -0.4 is 10.5 Å². The third-order valence-electron chi connectivity index (χ3n) is 4.12. The average molecular weight is 344 g/mol. The number of aldehydes is 1. The van der Waals surface area contributed by atoms with Crippen LogP contribution in [0.5, 0.6) is 5.75 Å². The molecule has 0 spiro atoms. The molecule has 0 unspecified atom stereocenters. The predicted molar refractivity (Wildman–Crippen MR) is 99.0 cm³/mol. The minimum atomic E-state index is 0.318. The highest BCUT2D eigenvalue weighted by Crippen LogP contribution is 2.31. The van der Waals surface area contributed by atoms with Crippen molar-refractivity contribution >= 4 is 17.6 Å². The van der Waals surface area contributed by atoms with Crippen molar-refractivity contribution < 1.29 is 9.53 Å². The average Bonchev–Trinajstić information content (AvgIpc) is 3.08. The summed E-state index contributed by atoms with van der Waals surface area (Å²) in [4.78, 5) is 15.4. The zero-order valence-corrected chi connectivity index (χ0v) is 13.9. The molecule has 2 heterocycles. The molecule has 128 valence electrons. The quantitative estimate of drug-likeness (QED) is 0.561. The molecule has 0 aliphatic carbocycles. The zero-order valence-electron chi connectivity index (χ0n) is 13.9. The van der Waals surface area contributed by atoms with E-state index in [2.05, 4.69) is 10.1 Å².